The van der Waals surface area contributed by atoms with Crippen LogP contribution in [-0.2, 0) is 4.74 Å². The second-order valence-electron chi connectivity index (χ2n) is 7.75. The summed E-state index contributed by atoms with van der Waals surface area (Å²) in [7, 11) is 0. The molecular weight excluding hydrogens is 404 g/mol. The van der Waals surface area contributed by atoms with Gasteiger partial charge in [-0.3, -0.25) is 4.79 Å². The monoisotopic (exact) mass is 428 g/mol. The van der Waals surface area contributed by atoms with Gasteiger partial charge in [0.1, 0.15) is 17.0 Å². The number of benzene rings is 2. The number of anilines is 5. The summed E-state index contributed by atoms with van der Waals surface area (Å²) in [5.74, 6) is 1.06. The molecule has 2 aromatic carbocycles. The highest BCUT2D eigenvalue weighted by Crippen LogP contribution is 2.27. The van der Waals surface area contributed by atoms with E-state index < -0.39 is 0 Å². The lowest BCUT2D eigenvalue weighted by molar-refractivity contribution is 0.122. The number of aromatic nitrogens is 3. The normalized spacial score (nSPS) is 13.8. The minimum Gasteiger partial charge on any atom is -0.378 e. The summed E-state index contributed by atoms with van der Waals surface area (Å²) in [6.07, 6.45) is 1.40. The fourth-order valence-corrected chi connectivity index (χ4v) is 3.83. The summed E-state index contributed by atoms with van der Waals surface area (Å²) in [6.45, 7) is 5.28. The SMILES string of the molecule is Cc1cccc(Nc2cc3nc[nH]c(=O)c3c(Nc3ccc(N4CCOCC4)cc3)n2)c1. The van der Waals surface area contributed by atoms with Crippen LogP contribution in [0.2, 0.25) is 0 Å². The molecule has 0 aliphatic carbocycles. The van der Waals surface area contributed by atoms with Crippen LogP contribution >= 0.6 is 0 Å². The number of ether oxygens (including phenoxy) is 1. The summed E-state index contributed by atoms with van der Waals surface area (Å²) in [4.78, 5) is 26.5. The highest BCUT2D eigenvalue weighted by molar-refractivity contribution is 5.92. The number of pyridine rings is 1. The topological polar surface area (TPSA) is 95.2 Å². The van der Waals surface area contributed by atoms with Crippen molar-refractivity contribution in [3.63, 3.8) is 0 Å². The van der Waals surface area contributed by atoms with Crippen molar-refractivity contribution in [2.24, 2.45) is 0 Å². The minimum absolute atomic E-state index is 0.239. The van der Waals surface area contributed by atoms with E-state index in [4.69, 9.17) is 4.74 Å². The average molecular weight is 428 g/mol. The first-order valence-corrected chi connectivity index (χ1v) is 10.6. The Morgan fingerprint density at radius 3 is 2.59 bits per heavy atom. The molecule has 0 bridgehead atoms. The summed E-state index contributed by atoms with van der Waals surface area (Å²) in [6, 6.07) is 17.9. The zero-order valence-corrected chi connectivity index (χ0v) is 17.8. The van der Waals surface area contributed by atoms with E-state index in [9.17, 15) is 4.79 Å². The number of nitrogens with one attached hydrogen (secondary N) is 3. The van der Waals surface area contributed by atoms with Gasteiger partial charge in [-0.05, 0) is 48.9 Å². The third kappa shape index (κ3) is 4.26. The van der Waals surface area contributed by atoms with Gasteiger partial charge < -0.3 is 25.3 Å². The molecule has 8 nitrogen and oxygen atoms in total. The number of rotatable bonds is 5. The number of H-pyrrole nitrogens is 1. The first kappa shape index (κ1) is 20.0. The van der Waals surface area contributed by atoms with Crippen LogP contribution in [0.3, 0.4) is 0 Å². The van der Waals surface area contributed by atoms with Crippen LogP contribution < -0.4 is 21.1 Å². The number of hydrogen-bond donors (Lipinski definition) is 3. The highest BCUT2D eigenvalue weighted by Gasteiger charge is 2.13. The molecule has 0 amide bonds. The largest absolute Gasteiger partial charge is 0.378 e. The van der Waals surface area contributed by atoms with Gasteiger partial charge in [0.2, 0.25) is 0 Å². The van der Waals surface area contributed by atoms with Gasteiger partial charge in [-0.1, -0.05) is 12.1 Å². The van der Waals surface area contributed by atoms with E-state index in [-0.39, 0.29) is 5.56 Å². The van der Waals surface area contributed by atoms with Crippen molar-refractivity contribution in [3.05, 3.63) is 76.8 Å². The molecule has 0 atom stereocenters. The van der Waals surface area contributed by atoms with Gasteiger partial charge >= 0.3 is 0 Å². The van der Waals surface area contributed by atoms with Gasteiger partial charge in [-0.15, -0.1) is 0 Å². The predicted molar refractivity (Wildman–Crippen MR) is 127 cm³/mol. The van der Waals surface area contributed by atoms with Gasteiger partial charge in [0, 0.05) is 36.2 Å². The Balaban J connectivity index is 1.47. The van der Waals surface area contributed by atoms with Crippen LogP contribution in [0, 0.1) is 6.92 Å². The first-order valence-electron chi connectivity index (χ1n) is 10.6. The smallest absolute Gasteiger partial charge is 0.262 e. The van der Waals surface area contributed by atoms with Crippen molar-refractivity contribution in [1.82, 2.24) is 15.0 Å². The molecule has 3 heterocycles. The van der Waals surface area contributed by atoms with E-state index in [1.807, 2.05) is 43.3 Å². The number of nitrogens with zero attached hydrogens (tertiary/aromatic N) is 3. The van der Waals surface area contributed by atoms with Gasteiger partial charge in [0.25, 0.3) is 5.56 Å². The maximum atomic E-state index is 12.6. The molecule has 1 aliphatic heterocycles. The molecule has 5 rings (SSSR count). The Bertz CT molecular complexity index is 1300. The van der Waals surface area contributed by atoms with Gasteiger partial charge in [-0.2, -0.15) is 0 Å². The molecule has 1 aliphatic rings. The second-order valence-corrected chi connectivity index (χ2v) is 7.75. The lowest BCUT2D eigenvalue weighted by Crippen LogP contribution is -2.36. The predicted octanol–water partition coefficient (Wildman–Crippen LogP) is 3.95. The van der Waals surface area contributed by atoms with Crippen molar-refractivity contribution in [1.29, 1.82) is 0 Å². The van der Waals surface area contributed by atoms with Crippen molar-refractivity contribution in [2.45, 2.75) is 6.92 Å². The molecule has 162 valence electrons. The van der Waals surface area contributed by atoms with E-state index >= 15 is 0 Å². The van der Waals surface area contributed by atoms with Crippen LogP contribution in [0.4, 0.5) is 28.7 Å². The molecular formula is C24H24N6O2. The lowest BCUT2D eigenvalue weighted by Gasteiger charge is -2.28. The molecule has 1 saturated heterocycles. The van der Waals surface area contributed by atoms with Crippen LogP contribution in [0.5, 0.6) is 0 Å². The van der Waals surface area contributed by atoms with Crippen molar-refractivity contribution < 1.29 is 4.74 Å². The Morgan fingerprint density at radius 1 is 1.00 bits per heavy atom. The Hall–Kier alpha value is -3.91. The highest BCUT2D eigenvalue weighted by atomic mass is 16.5. The summed E-state index contributed by atoms with van der Waals surface area (Å²) < 4.78 is 5.43. The third-order valence-electron chi connectivity index (χ3n) is 5.42. The zero-order chi connectivity index (χ0) is 21.9. The molecule has 0 radical (unpaired) electrons. The van der Waals surface area contributed by atoms with E-state index in [1.54, 1.807) is 6.07 Å². The van der Waals surface area contributed by atoms with Gasteiger partial charge in [0.15, 0.2) is 0 Å². The summed E-state index contributed by atoms with van der Waals surface area (Å²) in [5.41, 5.74) is 4.37. The van der Waals surface area contributed by atoms with Crippen LogP contribution in [0.15, 0.2) is 65.7 Å². The molecule has 4 aromatic rings. The first-order chi connectivity index (χ1) is 15.7. The standard InChI is InChI=1S/C24H24N6O2/c1-16-3-2-4-18(13-16)27-21-14-20-22(24(31)26-15-25-20)23(29-21)28-17-5-7-19(8-6-17)30-9-11-32-12-10-30/h2-8,13-15H,9-12H2,1H3,(H,25,26,31)(H2,27,28,29). The molecule has 8 heteroatoms. The molecule has 1 fully saturated rings. The van der Waals surface area contributed by atoms with Crippen LogP contribution in [0.1, 0.15) is 5.56 Å². The van der Waals surface area contributed by atoms with Gasteiger partial charge in [-0.25, -0.2) is 9.97 Å². The fraction of sp³-hybridized carbons (Fsp3) is 0.208. The molecule has 32 heavy (non-hydrogen) atoms. The van der Waals surface area contributed by atoms with E-state index in [0.717, 1.165) is 48.9 Å². The van der Waals surface area contributed by atoms with Crippen molar-refractivity contribution in [3.8, 4) is 0 Å². The summed E-state index contributed by atoms with van der Waals surface area (Å²) in [5, 5.41) is 7.03. The second kappa shape index (κ2) is 8.68. The number of aryl methyl sites for hydroxylation is 1. The maximum absolute atomic E-state index is 12.6. The van der Waals surface area contributed by atoms with Gasteiger partial charge in [0.05, 0.1) is 25.1 Å². The molecule has 2 aromatic heterocycles. The number of hydrogen-bond acceptors (Lipinski definition) is 7. The minimum atomic E-state index is -0.239. The molecule has 3 N–H and O–H groups in total. The Kier molecular flexibility index (Phi) is 5.43. The lowest BCUT2D eigenvalue weighted by atomic mass is 10.2. The van der Waals surface area contributed by atoms with E-state index in [1.165, 1.54) is 6.33 Å². The Labute approximate surface area is 185 Å². The Morgan fingerprint density at radius 2 is 1.81 bits per heavy atom. The number of aromatic amines is 1. The molecule has 0 unspecified atom stereocenters. The van der Waals surface area contributed by atoms with Crippen LogP contribution in [-0.4, -0.2) is 41.3 Å². The van der Waals surface area contributed by atoms with Crippen molar-refractivity contribution in [2.75, 3.05) is 41.8 Å². The molecule has 0 saturated carbocycles. The van der Waals surface area contributed by atoms with Crippen molar-refractivity contribution >= 4 is 39.6 Å². The van der Waals surface area contributed by atoms with E-state index in [2.05, 4.69) is 42.6 Å². The zero-order valence-electron chi connectivity index (χ0n) is 17.8. The van der Waals surface area contributed by atoms with Crippen LogP contribution in [0.25, 0.3) is 10.9 Å². The molecule has 0 spiro atoms. The average Bonchev–Trinajstić information content (AvgIpc) is 2.80. The fourth-order valence-electron chi connectivity index (χ4n) is 3.83. The maximum Gasteiger partial charge on any atom is 0.262 e. The summed E-state index contributed by atoms with van der Waals surface area (Å²) >= 11 is 0. The quantitative estimate of drug-likeness (QED) is 0.443. The number of morpholine rings is 1. The third-order valence-corrected chi connectivity index (χ3v) is 5.42. The van der Waals surface area contributed by atoms with E-state index in [0.29, 0.717) is 22.5 Å². The number of fused-ring (bicyclic) bond motifs is 1.